The van der Waals surface area contributed by atoms with E-state index < -0.39 is 0 Å². The second-order valence-corrected chi connectivity index (χ2v) is 16.6. The predicted molar refractivity (Wildman–Crippen MR) is 245 cm³/mol. The molecule has 0 amide bonds. The minimum Gasteiger partial charge on any atom is -0.309 e. The Hall–Kier alpha value is -6.96. The molecule has 0 heterocycles. The fourth-order valence-corrected chi connectivity index (χ4v) is 10.4. The van der Waals surface area contributed by atoms with Gasteiger partial charge in [-0.1, -0.05) is 196 Å². The van der Waals surface area contributed by atoms with Gasteiger partial charge in [0.05, 0.1) is 11.4 Å². The van der Waals surface area contributed by atoms with E-state index in [0.29, 0.717) is 0 Å². The lowest BCUT2D eigenvalue weighted by molar-refractivity contribution is 0.666. The Labute approximate surface area is 341 Å². The van der Waals surface area contributed by atoms with Crippen LogP contribution in [0, 0.1) is 0 Å². The van der Waals surface area contributed by atoms with E-state index in [4.69, 9.17) is 0 Å². The molecule has 1 atom stereocenters. The van der Waals surface area contributed by atoms with E-state index in [2.05, 4.69) is 232 Å². The summed E-state index contributed by atoms with van der Waals surface area (Å²) in [6, 6.07) is 76.4. The number of hydrogen-bond donors (Lipinski definition) is 0. The maximum Gasteiger partial charge on any atom is 0.0540 e. The van der Waals surface area contributed by atoms with Crippen molar-refractivity contribution in [3.8, 4) is 44.5 Å². The van der Waals surface area contributed by atoms with Crippen LogP contribution in [0.1, 0.15) is 48.6 Å². The van der Waals surface area contributed by atoms with Crippen LogP contribution in [0.5, 0.6) is 0 Å². The Morgan fingerprint density at radius 3 is 1.74 bits per heavy atom. The van der Waals surface area contributed by atoms with Crippen LogP contribution in [-0.4, -0.2) is 0 Å². The third-order valence-electron chi connectivity index (χ3n) is 13.1. The van der Waals surface area contributed by atoms with E-state index >= 15 is 0 Å². The molecule has 276 valence electrons. The molecule has 0 fully saturated rings. The average Bonchev–Trinajstić information content (AvgIpc) is 3.69. The van der Waals surface area contributed by atoms with E-state index in [9.17, 15) is 0 Å². The Balaban J connectivity index is 1.18. The molecule has 1 nitrogen and oxygen atoms in total. The quantitative estimate of drug-likeness (QED) is 0.164. The molecule has 0 aliphatic heterocycles. The maximum atomic E-state index is 2.52. The lowest BCUT2D eigenvalue weighted by Crippen LogP contribution is -2.23. The van der Waals surface area contributed by atoms with E-state index in [1.54, 1.807) is 0 Å². The highest BCUT2D eigenvalue weighted by Gasteiger charge is 2.42. The number of anilines is 3. The van der Waals surface area contributed by atoms with Gasteiger partial charge in [0.1, 0.15) is 0 Å². The first-order valence-electron chi connectivity index (χ1n) is 20.4. The Morgan fingerprint density at radius 1 is 0.379 bits per heavy atom. The molecule has 0 saturated heterocycles. The topological polar surface area (TPSA) is 3.24 Å². The summed E-state index contributed by atoms with van der Waals surface area (Å²) in [6.45, 7) is 7.20. The number of para-hydroxylation sites is 2. The fourth-order valence-electron chi connectivity index (χ4n) is 10.4. The first-order valence-corrected chi connectivity index (χ1v) is 20.4. The van der Waals surface area contributed by atoms with E-state index in [-0.39, 0.29) is 10.8 Å². The third-order valence-corrected chi connectivity index (χ3v) is 13.1. The Bertz CT molecular complexity index is 3050. The molecule has 9 aromatic carbocycles. The lowest BCUT2D eigenvalue weighted by atomic mass is 9.74. The van der Waals surface area contributed by atoms with Gasteiger partial charge in [-0.2, -0.15) is 0 Å². The van der Waals surface area contributed by atoms with Crippen molar-refractivity contribution in [3.05, 3.63) is 234 Å². The van der Waals surface area contributed by atoms with E-state index in [1.807, 2.05) is 0 Å². The minimum atomic E-state index is -0.328. The number of hydrogen-bond acceptors (Lipinski definition) is 1. The fraction of sp³-hybridized carbons (Fsp3) is 0.0877. The average molecular weight is 742 g/mol. The van der Waals surface area contributed by atoms with Crippen molar-refractivity contribution in [2.45, 2.75) is 31.6 Å². The van der Waals surface area contributed by atoms with Crippen molar-refractivity contribution in [2.24, 2.45) is 0 Å². The normalized spacial score (nSPS) is 15.7. The first-order chi connectivity index (χ1) is 28.4. The van der Waals surface area contributed by atoms with Gasteiger partial charge in [-0.3, -0.25) is 0 Å². The van der Waals surface area contributed by atoms with E-state index in [1.165, 1.54) is 83.1 Å². The predicted octanol–water partition coefficient (Wildman–Crippen LogP) is 15.3. The second kappa shape index (κ2) is 13.0. The smallest absolute Gasteiger partial charge is 0.0540 e. The summed E-state index contributed by atoms with van der Waals surface area (Å²) in [5.74, 6) is 0. The highest BCUT2D eigenvalue weighted by atomic mass is 15.1. The summed E-state index contributed by atoms with van der Waals surface area (Å²) in [4.78, 5) is 2.52. The molecule has 1 unspecified atom stereocenters. The van der Waals surface area contributed by atoms with Crippen molar-refractivity contribution in [2.75, 3.05) is 4.90 Å². The molecule has 11 rings (SSSR count). The van der Waals surface area contributed by atoms with Gasteiger partial charge in [0.2, 0.25) is 0 Å². The Kier molecular flexibility index (Phi) is 7.72. The second-order valence-electron chi connectivity index (χ2n) is 16.6. The summed E-state index contributed by atoms with van der Waals surface area (Å²) in [5.41, 5.74) is 19.7. The van der Waals surface area contributed by atoms with Crippen molar-refractivity contribution < 1.29 is 0 Å². The van der Waals surface area contributed by atoms with Crippen LogP contribution < -0.4 is 4.90 Å². The van der Waals surface area contributed by atoms with Crippen molar-refractivity contribution in [3.63, 3.8) is 0 Å². The Morgan fingerprint density at radius 2 is 0.948 bits per heavy atom. The molecule has 0 saturated carbocycles. The molecule has 0 aromatic heterocycles. The zero-order chi connectivity index (χ0) is 39.0. The molecule has 9 aromatic rings. The van der Waals surface area contributed by atoms with Crippen molar-refractivity contribution >= 4 is 27.8 Å². The van der Waals surface area contributed by atoms with Crippen LogP contribution in [0.25, 0.3) is 55.3 Å². The molecule has 58 heavy (non-hydrogen) atoms. The van der Waals surface area contributed by atoms with Crippen LogP contribution in [0.15, 0.2) is 206 Å². The van der Waals surface area contributed by atoms with Crippen LogP contribution in [0.4, 0.5) is 17.1 Å². The van der Waals surface area contributed by atoms with Crippen LogP contribution >= 0.6 is 0 Å². The zero-order valence-electron chi connectivity index (χ0n) is 33.1. The van der Waals surface area contributed by atoms with Crippen LogP contribution in [0.2, 0.25) is 0 Å². The van der Waals surface area contributed by atoms with Crippen molar-refractivity contribution in [1.29, 1.82) is 0 Å². The highest BCUT2D eigenvalue weighted by Crippen LogP contribution is 2.57. The van der Waals surface area contributed by atoms with Gasteiger partial charge in [-0.15, -0.1) is 0 Å². The molecular weight excluding hydrogens is 699 g/mol. The lowest BCUT2D eigenvalue weighted by Gasteiger charge is -2.33. The van der Waals surface area contributed by atoms with Crippen molar-refractivity contribution in [1.82, 2.24) is 0 Å². The largest absolute Gasteiger partial charge is 0.309 e. The minimum absolute atomic E-state index is 0.160. The van der Waals surface area contributed by atoms with Gasteiger partial charge in [-0.05, 0) is 103 Å². The molecule has 0 bridgehead atoms. The third kappa shape index (κ3) is 4.96. The monoisotopic (exact) mass is 741 g/mol. The number of rotatable bonds is 6. The highest BCUT2D eigenvalue weighted by molar-refractivity contribution is 6.04. The van der Waals surface area contributed by atoms with Gasteiger partial charge in [0.25, 0.3) is 0 Å². The van der Waals surface area contributed by atoms with Crippen LogP contribution in [-0.2, 0) is 10.8 Å². The summed E-state index contributed by atoms with van der Waals surface area (Å²) < 4.78 is 0. The number of nitrogens with zero attached hydrogens (tertiary/aromatic N) is 1. The molecule has 2 aliphatic rings. The molecule has 0 N–H and O–H groups in total. The van der Waals surface area contributed by atoms with Gasteiger partial charge in [-0.25, -0.2) is 0 Å². The molecular formula is C57H43N. The van der Waals surface area contributed by atoms with Gasteiger partial charge < -0.3 is 4.90 Å². The summed E-state index contributed by atoms with van der Waals surface area (Å²) in [6.07, 6.45) is 0. The zero-order valence-corrected chi connectivity index (χ0v) is 33.1. The van der Waals surface area contributed by atoms with Gasteiger partial charge in [0.15, 0.2) is 0 Å². The molecule has 0 radical (unpaired) electrons. The maximum absolute atomic E-state index is 2.52. The standard InChI is InChI=1S/C57H43N/c1-56(2)50-30-18-28-47(54(50)48-35-33-39-21-10-11-25-43(39)55(48)56)46-27-14-17-32-53(46)58(52-31-16-13-24-42(52)38-19-6-4-7-20-38)41-34-36-45-44-26-12-15-29-49(44)57(3,51(45)37-41)40-22-8-5-9-23-40/h4-37H,1-3H3. The molecule has 1 heteroatoms. The van der Waals surface area contributed by atoms with E-state index in [0.717, 1.165) is 17.1 Å². The number of fused-ring (bicyclic) bond motifs is 8. The summed E-state index contributed by atoms with van der Waals surface area (Å²) in [7, 11) is 0. The molecule has 0 spiro atoms. The van der Waals surface area contributed by atoms with Gasteiger partial charge in [0, 0.05) is 27.6 Å². The number of benzene rings is 9. The van der Waals surface area contributed by atoms with Crippen LogP contribution in [0.3, 0.4) is 0 Å². The van der Waals surface area contributed by atoms with Gasteiger partial charge >= 0.3 is 0 Å². The first kappa shape index (κ1) is 34.3. The summed E-state index contributed by atoms with van der Waals surface area (Å²) in [5, 5.41) is 2.62. The summed E-state index contributed by atoms with van der Waals surface area (Å²) >= 11 is 0. The molecule has 2 aliphatic carbocycles. The SMILES string of the molecule is CC1(C)c2cccc(-c3ccccc3N(c3ccc4c(c3)C(C)(c3ccccc3)c3ccccc3-4)c3ccccc3-c3ccccc3)c2-c2ccc3ccccc3c21.